The van der Waals surface area contributed by atoms with Crippen LogP contribution in [-0.4, -0.2) is 91.0 Å². The van der Waals surface area contributed by atoms with Gasteiger partial charge in [-0.2, -0.15) is 0 Å². The Kier molecular flexibility index (Phi) is 15.4. The first-order valence-corrected chi connectivity index (χ1v) is 33.3. The number of fused-ring (bicyclic) bond motifs is 13. The fraction of sp³-hybridized carbons (Fsp3) is 0.562. The number of aliphatic hydroxyl groups excluding tert-OH is 4. The maximum Gasteiger partial charge on any atom is 0.337 e. The summed E-state index contributed by atoms with van der Waals surface area (Å²) in [4.78, 5) is 31.0. The molecule has 6 aliphatic carbocycles. The average Bonchev–Trinajstić information content (AvgIpc) is 1.69. The molecule has 0 radical (unpaired) electrons. The van der Waals surface area contributed by atoms with Crippen molar-refractivity contribution >= 4 is 16.9 Å². The Morgan fingerprint density at radius 3 is 2.54 bits per heavy atom. The molecule has 12 N–H and O–H groups in total. The number of aliphatic hydroxyl groups is 5. The molecule has 16 heteroatoms. The third-order valence-electron chi connectivity index (χ3n) is 23.7. The lowest BCUT2D eigenvalue weighted by Crippen LogP contribution is -2.60. The predicted octanol–water partition coefficient (Wildman–Crippen LogP) is 9.58. The second-order valence-corrected chi connectivity index (χ2v) is 28.9. The van der Waals surface area contributed by atoms with Crippen molar-refractivity contribution in [1.82, 2.24) is 16.0 Å². The van der Waals surface area contributed by atoms with Crippen LogP contribution in [0.2, 0.25) is 0 Å². The molecule has 0 saturated heterocycles. The molecule has 10 aliphatic rings. The first-order valence-electron chi connectivity index (χ1n) is 33.3. The maximum absolute atomic E-state index is 16.2. The van der Waals surface area contributed by atoms with Crippen LogP contribution in [0, 0.1) is 40.9 Å². The molecule has 0 amide bonds. The van der Waals surface area contributed by atoms with Crippen LogP contribution in [0.5, 0.6) is 17.2 Å². The predicted molar refractivity (Wildman–Crippen MR) is 337 cm³/mol. The lowest BCUT2D eigenvalue weighted by Gasteiger charge is -2.55. The molecule has 14 rings (SSSR count). The quantitative estimate of drug-likeness (QED) is 0.0493. The Hall–Kier alpha value is -6.40. The largest absolute Gasteiger partial charge is 0.508 e. The van der Waals surface area contributed by atoms with Crippen molar-refractivity contribution < 1.29 is 54.4 Å². The number of likely N-dealkylation sites (N-methyl/N-ethyl adjacent to an activating group) is 1. The van der Waals surface area contributed by atoms with Crippen LogP contribution in [0.15, 0.2) is 110 Å². The van der Waals surface area contributed by atoms with E-state index in [1.165, 1.54) is 11.6 Å². The number of carbonyl (C=O) groups is 1. The lowest BCUT2D eigenvalue weighted by atomic mass is 9.54. The van der Waals surface area contributed by atoms with Crippen molar-refractivity contribution in [3.8, 4) is 17.2 Å². The number of esters is 1. The van der Waals surface area contributed by atoms with Gasteiger partial charge in [0, 0.05) is 54.1 Å². The molecule has 89 heavy (non-hydrogen) atoms. The van der Waals surface area contributed by atoms with Gasteiger partial charge in [-0.15, -0.1) is 0 Å². The zero-order chi connectivity index (χ0) is 62.2. The van der Waals surface area contributed by atoms with Crippen LogP contribution in [0.25, 0.3) is 11.0 Å². The summed E-state index contributed by atoms with van der Waals surface area (Å²) in [7, 11) is 0. The number of phenolic OH excluding ortho intramolecular Hbond substituents is 2. The molecule has 4 aromatic rings. The highest BCUT2D eigenvalue weighted by Gasteiger charge is 2.63. The van der Waals surface area contributed by atoms with Crippen molar-refractivity contribution in [2.45, 2.75) is 197 Å². The standard InChI is InChI=1S/C73H90N4O12/c1-6-54(73(86)32-41-24-43(73)23-39-22-40(25-45(81)21-36(3)4)65(83)50-12-10-11-47(41)59(39)50)70(85)88-57-30-52-66(84)62-56(82)29-46(34-78)87-68(62)63-60-49-17-20-76-69(74)61(49)64(72(18-8-9-19-72)31-38-13-15-44(80)28-51(38)53(60)35-79)48-16-14-37-27-58(75-7-2)77-33-42(37)26-55(48)71(57,5)89-67(52)63/h6,10-13,15,17,27-29,33,36,39-41,43,45,48,53,55,57-58,60,64-65,75-81,83-84,86H,7-9,14,16,18-26,30-32,34-35,74H2,1-5H3. The maximum atomic E-state index is 16.2. The Bertz CT molecular complexity index is 3740. The fourth-order valence-electron chi connectivity index (χ4n) is 20.1. The summed E-state index contributed by atoms with van der Waals surface area (Å²) in [6, 6.07) is 12.8. The van der Waals surface area contributed by atoms with Crippen molar-refractivity contribution in [2.75, 3.05) is 19.7 Å². The van der Waals surface area contributed by atoms with Crippen LogP contribution in [0.3, 0.4) is 0 Å². The van der Waals surface area contributed by atoms with E-state index in [0.717, 1.165) is 83.2 Å². The van der Waals surface area contributed by atoms with E-state index in [1.807, 2.05) is 25.1 Å². The monoisotopic (exact) mass is 1210 g/mol. The van der Waals surface area contributed by atoms with Crippen LogP contribution < -0.4 is 31.8 Å². The van der Waals surface area contributed by atoms with Crippen LogP contribution >= 0.6 is 0 Å². The summed E-state index contributed by atoms with van der Waals surface area (Å²) in [5, 5.41) is 95.3. The van der Waals surface area contributed by atoms with Gasteiger partial charge in [-0.1, -0.05) is 70.0 Å². The number of nitrogens with two attached hydrogens (primary N) is 1. The van der Waals surface area contributed by atoms with Gasteiger partial charge in [-0.05, 0) is 213 Å². The lowest BCUT2D eigenvalue weighted by molar-refractivity contribution is -0.173. The van der Waals surface area contributed by atoms with Gasteiger partial charge in [-0.25, -0.2) is 4.79 Å². The number of carbonyl (C=O) groups excluding carboxylic acids is 1. The molecule has 3 aromatic carbocycles. The molecule has 5 heterocycles. The summed E-state index contributed by atoms with van der Waals surface area (Å²) in [6.45, 7) is 10.1. The highest BCUT2D eigenvalue weighted by Crippen LogP contribution is 2.67. The number of benzene rings is 3. The number of phenols is 2. The molecule has 474 valence electrons. The molecule has 6 bridgehead atoms. The molecule has 1 aromatic heterocycles. The number of hydrogen-bond acceptors (Lipinski definition) is 16. The SMILES string of the molecule is CC=C(C(=O)OC1Cc2c3c(c4oc(CO)cc(=O)c4c2O)C2C4=CCNC(N)=C4C(C4CCC5=CC(NCC)NC=C5CC4C1(C)O3)C1(CCCC1)Cc1ccc(O)cc1C2CO)C1(O)CC2CC1CC1CC(CC(O)CC(C)C)C(O)c3cccc2c31. The zero-order valence-corrected chi connectivity index (χ0v) is 52.1. The molecule has 3 saturated carbocycles. The third kappa shape index (κ3) is 9.64. The van der Waals surface area contributed by atoms with Crippen molar-refractivity contribution in [2.24, 2.45) is 46.7 Å². The molecule has 15 atom stereocenters. The van der Waals surface area contributed by atoms with Gasteiger partial charge in [0.15, 0.2) is 5.43 Å². The van der Waals surface area contributed by atoms with E-state index in [9.17, 15) is 40.5 Å². The number of allylic oxidation sites excluding steroid dienone is 5. The number of dihydropyridines is 2. The summed E-state index contributed by atoms with van der Waals surface area (Å²) in [5.74, 6) is -3.45. The van der Waals surface area contributed by atoms with E-state index in [1.54, 1.807) is 25.1 Å². The van der Waals surface area contributed by atoms with Crippen LogP contribution in [0.4, 0.5) is 0 Å². The number of ether oxygens (including phenoxy) is 2. The molecular weight excluding hydrogens is 1120 g/mol. The van der Waals surface area contributed by atoms with Crippen LogP contribution in [0.1, 0.15) is 193 Å². The number of rotatable bonds is 11. The second kappa shape index (κ2) is 22.8. The van der Waals surface area contributed by atoms with Crippen molar-refractivity contribution in [1.29, 1.82) is 0 Å². The molecule has 15 unspecified atom stereocenters. The Morgan fingerprint density at radius 2 is 1.79 bits per heavy atom. The molecule has 1 spiro atoms. The Morgan fingerprint density at radius 1 is 1.00 bits per heavy atom. The summed E-state index contributed by atoms with van der Waals surface area (Å²) >= 11 is 0. The topological polar surface area (TPSA) is 269 Å². The van der Waals surface area contributed by atoms with Crippen molar-refractivity contribution in [3.63, 3.8) is 0 Å². The minimum Gasteiger partial charge on any atom is -0.508 e. The van der Waals surface area contributed by atoms with Gasteiger partial charge >= 0.3 is 5.97 Å². The third-order valence-corrected chi connectivity index (χ3v) is 23.7. The van der Waals surface area contributed by atoms with Gasteiger partial charge in [0.1, 0.15) is 58.1 Å². The zero-order valence-electron chi connectivity index (χ0n) is 52.1. The summed E-state index contributed by atoms with van der Waals surface area (Å²) in [5.41, 5.74) is 13.1. The Balaban J connectivity index is 0.967. The molecular formula is C73H90N4O12. The van der Waals surface area contributed by atoms with Gasteiger partial charge < -0.3 is 66.0 Å². The minimum atomic E-state index is -1.62. The highest BCUT2D eigenvalue weighted by atomic mass is 16.6. The Labute approximate surface area is 521 Å². The van der Waals surface area contributed by atoms with Gasteiger partial charge in [-0.3, -0.25) is 10.1 Å². The molecule has 4 aliphatic heterocycles. The highest BCUT2D eigenvalue weighted by molar-refractivity contribution is 5.93. The second-order valence-electron chi connectivity index (χ2n) is 28.9. The minimum absolute atomic E-state index is 0.0118. The van der Waals surface area contributed by atoms with E-state index in [0.29, 0.717) is 75.2 Å². The van der Waals surface area contributed by atoms with E-state index >= 15 is 4.79 Å². The van der Waals surface area contributed by atoms with E-state index in [4.69, 9.17) is 19.6 Å². The van der Waals surface area contributed by atoms with Gasteiger partial charge in [0.05, 0.1) is 36.2 Å². The number of hydrogen-bond donors (Lipinski definition) is 11. The first-order chi connectivity index (χ1) is 42.8. The molecule has 3 fully saturated rings. The molecule has 16 nitrogen and oxygen atoms in total. The van der Waals surface area contributed by atoms with E-state index < -0.39 is 83.0 Å². The average molecular weight is 1220 g/mol. The smallest absolute Gasteiger partial charge is 0.337 e. The summed E-state index contributed by atoms with van der Waals surface area (Å²) < 4.78 is 22.0. The van der Waals surface area contributed by atoms with Crippen LogP contribution in [-0.2, 0) is 29.0 Å². The first kappa shape index (κ1) is 60.2. The summed E-state index contributed by atoms with van der Waals surface area (Å²) in [6.07, 6.45) is 15.0. The van der Waals surface area contributed by atoms with Gasteiger partial charge in [0.25, 0.3) is 0 Å². The van der Waals surface area contributed by atoms with Gasteiger partial charge in [0.2, 0.25) is 0 Å². The normalized spacial score (nSPS) is 33.4. The number of nitrogens with one attached hydrogen (secondary N) is 3. The number of aromatic hydroxyl groups is 2. The fourth-order valence-corrected chi connectivity index (χ4v) is 20.1. The van der Waals surface area contributed by atoms with Crippen molar-refractivity contribution in [3.05, 3.63) is 156 Å². The van der Waals surface area contributed by atoms with E-state index in [-0.39, 0.29) is 93.9 Å². The van der Waals surface area contributed by atoms with E-state index in [2.05, 4.69) is 61.1 Å².